The lowest BCUT2D eigenvalue weighted by Crippen LogP contribution is -2.46. The topological polar surface area (TPSA) is 49.8 Å². The summed E-state index contributed by atoms with van der Waals surface area (Å²) in [6.45, 7) is 0.163. The molecule has 7 heteroatoms. The van der Waals surface area contributed by atoms with Gasteiger partial charge in [-0.05, 0) is 7.05 Å². The third kappa shape index (κ3) is 5.58. The van der Waals surface area contributed by atoms with Crippen molar-refractivity contribution >= 4 is 5.97 Å². The first-order valence-corrected chi connectivity index (χ1v) is 4.26. The molecule has 0 heterocycles. The fourth-order valence-corrected chi connectivity index (χ4v) is 1.08. The van der Waals surface area contributed by atoms with E-state index in [2.05, 4.69) is 4.74 Å². The highest BCUT2D eigenvalue weighted by Gasteiger charge is 2.43. The molecule has 1 N–H and O–H groups in total. The predicted octanol–water partition coefficient (Wildman–Crippen LogP) is 0.970. The van der Waals surface area contributed by atoms with Crippen LogP contribution in [0.3, 0.4) is 0 Å². The van der Waals surface area contributed by atoms with Crippen molar-refractivity contribution < 1.29 is 27.8 Å². The SMILES string of the molecule is COCCN(C)C(CC(=O)O)C(F)(F)F. The smallest absolute Gasteiger partial charge is 0.404 e. The Labute approximate surface area is 85.6 Å². The van der Waals surface area contributed by atoms with Crippen LogP contribution in [-0.4, -0.2) is 55.5 Å². The zero-order chi connectivity index (χ0) is 12.1. The third-order valence-corrected chi connectivity index (χ3v) is 1.93. The summed E-state index contributed by atoms with van der Waals surface area (Å²) in [5.41, 5.74) is 0. The number of hydrogen-bond donors (Lipinski definition) is 1. The van der Waals surface area contributed by atoms with Crippen LogP contribution >= 0.6 is 0 Å². The van der Waals surface area contributed by atoms with Crippen LogP contribution in [0.25, 0.3) is 0 Å². The maximum atomic E-state index is 12.4. The van der Waals surface area contributed by atoms with Crippen LogP contribution in [0.1, 0.15) is 6.42 Å². The van der Waals surface area contributed by atoms with Crippen molar-refractivity contribution in [3.63, 3.8) is 0 Å². The van der Waals surface area contributed by atoms with Gasteiger partial charge < -0.3 is 9.84 Å². The van der Waals surface area contributed by atoms with Gasteiger partial charge in [-0.2, -0.15) is 13.2 Å². The minimum absolute atomic E-state index is 0.0357. The molecule has 0 aliphatic heterocycles. The van der Waals surface area contributed by atoms with Crippen LogP contribution in [0.5, 0.6) is 0 Å². The van der Waals surface area contributed by atoms with Gasteiger partial charge in [0.2, 0.25) is 0 Å². The molecule has 1 atom stereocenters. The Hall–Kier alpha value is -0.820. The standard InChI is InChI=1S/C8H14F3NO3/c1-12(3-4-15-2)6(5-7(13)14)8(9,10)11/h6H,3-5H2,1-2H3,(H,13,14). The summed E-state index contributed by atoms with van der Waals surface area (Å²) in [5.74, 6) is -1.47. The van der Waals surface area contributed by atoms with E-state index >= 15 is 0 Å². The van der Waals surface area contributed by atoms with Gasteiger partial charge in [0.05, 0.1) is 13.0 Å². The van der Waals surface area contributed by atoms with Crippen molar-refractivity contribution in [3.8, 4) is 0 Å². The number of aliphatic carboxylic acids is 1. The van der Waals surface area contributed by atoms with E-state index in [0.29, 0.717) is 0 Å². The number of nitrogens with zero attached hydrogens (tertiary/aromatic N) is 1. The molecule has 0 radical (unpaired) electrons. The van der Waals surface area contributed by atoms with Crippen molar-refractivity contribution in [3.05, 3.63) is 0 Å². The van der Waals surface area contributed by atoms with Gasteiger partial charge in [0.1, 0.15) is 6.04 Å². The number of alkyl halides is 3. The zero-order valence-corrected chi connectivity index (χ0v) is 8.54. The van der Waals surface area contributed by atoms with Crippen LogP contribution in [0.4, 0.5) is 13.2 Å². The van der Waals surface area contributed by atoms with Crippen LogP contribution in [0.15, 0.2) is 0 Å². The third-order valence-electron chi connectivity index (χ3n) is 1.93. The van der Waals surface area contributed by atoms with E-state index in [1.54, 1.807) is 0 Å². The number of carboxylic acid groups (broad SMARTS) is 1. The first-order valence-electron chi connectivity index (χ1n) is 4.26. The average molecular weight is 229 g/mol. The molecular formula is C8H14F3NO3. The number of hydrogen-bond acceptors (Lipinski definition) is 3. The van der Waals surface area contributed by atoms with E-state index in [-0.39, 0.29) is 13.2 Å². The van der Waals surface area contributed by atoms with E-state index in [1.165, 1.54) is 14.2 Å². The molecule has 0 saturated heterocycles. The summed E-state index contributed by atoms with van der Waals surface area (Å²) in [6, 6.07) is -1.97. The summed E-state index contributed by atoms with van der Waals surface area (Å²) >= 11 is 0. The molecule has 0 amide bonds. The van der Waals surface area contributed by atoms with Gasteiger partial charge in [-0.15, -0.1) is 0 Å². The number of carboxylic acids is 1. The number of rotatable bonds is 6. The van der Waals surface area contributed by atoms with Crippen LogP contribution in [-0.2, 0) is 9.53 Å². The highest BCUT2D eigenvalue weighted by atomic mass is 19.4. The van der Waals surface area contributed by atoms with Crippen molar-refractivity contribution in [2.45, 2.75) is 18.6 Å². The van der Waals surface area contributed by atoms with Crippen LogP contribution in [0.2, 0.25) is 0 Å². The van der Waals surface area contributed by atoms with Gasteiger partial charge in [0.15, 0.2) is 0 Å². The Balaban J connectivity index is 4.41. The zero-order valence-electron chi connectivity index (χ0n) is 8.54. The lowest BCUT2D eigenvalue weighted by Gasteiger charge is -2.28. The van der Waals surface area contributed by atoms with Crippen molar-refractivity contribution in [1.29, 1.82) is 0 Å². The Morgan fingerprint density at radius 1 is 1.53 bits per heavy atom. The Kier molecular flexibility index (Phi) is 5.59. The van der Waals surface area contributed by atoms with Crippen molar-refractivity contribution in [1.82, 2.24) is 4.90 Å². The molecule has 0 rings (SSSR count). The molecule has 0 aromatic rings. The van der Waals surface area contributed by atoms with E-state index in [1.807, 2.05) is 0 Å². The lowest BCUT2D eigenvalue weighted by atomic mass is 10.2. The molecule has 0 aliphatic carbocycles. The molecule has 0 aromatic heterocycles. The van der Waals surface area contributed by atoms with E-state index in [9.17, 15) is 18.0 Å². The summed E-state index contributed by atoms with van der Waals surface area (Å²) in [7, 11) is 2.59. The maximum absolute atomic E-state index is 12.4. The summed E-state index contributed by atoms with van der Waals surface area (Å²) in [6.07, 6.45) is -5.50. The van der Waals surface area contributed by atoms with E-state index in [4.69, 9.17) is 5.11 Å². The number of carbonyl (C=O) groups is 1. The monoisotopic (exact) mass is 229 g/mol. The number of likely N-dealkylation sites (N-methyl/N-ethyl adjacent to an activating group) is 1. The Morgan fingerprint density at radius 2 is 2.07 bits per heavy atom. The highest BCUT2D eigenvalue weighted by Crippen LogP contribution is 2.26. The van der Waals surface area contributed by atoms with Crippen LogP contribution < -0.4 is 0 Å². The molecule has 90 valence electrons. The second-order valence-electron chi connectivity index (χ2n) is 3.13. The van der Waals surface area contributed by atoms with Gasteiger partial charge in [-0.1, -0.05) is 0 Å². The van der Waals surface area contributed by atoms with E-state index in [0.717, 1.165) is 4.90 Å². The molecule has 0 aliphatic rings. The van der Waals surface area contributed by atoms with Gasteiger partial charge in [0, 0.05) is 13.7 Å². The lowest BCUT2D eigenvalue weighted by molar-refractivity contribution is -0.188. The summed E-state index contributed by atoms with van der Waals surface area (Å²) in [5, 5.41) is 8.36. The van der Waals surface area contributed by atoms with Gasteiger partial charge in [0.25, 0.3) is 0 Å². The molecule has 0 spiro atoms. The molecule has 0 fully saturated rings. The molecule has 15 heavy (non-hydrogen) atoms. The van der Waals surface area contributed by atoms with Crippen molar-refractivity contribution in [2.75, 3.05) is 27.3 Å². The van der Waals surface area contributed by atoms with Gasteiger partial charge in [-0.3, -0.25) is 9.69 Å². The summed E-state index contributed by atoms with van der Waals surface area (Å²) < 4.78 is 41.9. The minimum Gasteiger partial charge on any atom is -0.481 e. The molecular weight excluding hydrogens is 215 g/mol. The molecule has 1 unspecified atom stereocenters. The maximum Gasteiger partial charge on any atom is 0.404 e. The number of ether oxygens (including phenoxy) is 1. The Bertz CT molecular complexity index is 208. The quantitative estimate of drug-likeness (QED) is 0.737. The number of methoxy groups -OCH3 is 1. The second kappa shape index (κ2) is 5.92. The predicted molar refractivity (Wildman–Crippen MR) is 46.6 cm³/mol. The fourth-order valence-electron chi connectivity index (χ4n) is 1.08. The van der Waals surface area contributed by atoms with Gasteiger partial charge in [-0.25, -0.2) is 0 Å². The minimum atomic E-state index is -4.54. The fraction of sp³-hybridized carbons (Fsp3) is 0.875. The molecule has 4 nitrogen and oxygen atoms in total. The Morgan fingerprint density at radius 3 is 2.40 bits per heavy atom. The summed E-state index contributed by atoms with van der Waals surface area (Å²) in [4.78, 5) is 11.2. The van der Waals surface area contributed by atoms with Gasteiger partial charge >= 0.3 is 12.1 Å². The normalized spacial score (nSPS) is 14.3. The molecule has 0 saturated carbocycles. The van der Waals surface area contributed by atoms with Crippen LogP contribution in [0, 0.1) is 0 Å². The number of halogens is 3. The molecule has 0 bridgehead atoms. The van der Waals surface area contributed by atoms with Crippen molar-refractivity contribution in [2.24, 2.45) is 0 Å². The molecule has 0 aromatic carbocycles. The first kappa shape index (κ1) is 14.2. The van der Waals surface area contributed by atoms with E-state index < -0.39 is 24.6 Å². The highest BCUT2D eigenvalue weighted by molar-refractivity contribution is 5.67. The average Bonchev–Trinajstić information content (AvgIpc) is 2.08. The largest absolute Gasteiger partial charge is 0.481 e. The second-order valence-corrected chi connectivity index (χ2v) is 3.13. The first-order chi connectivity index (χ1) is 6.79.